The lowest BCUT2D eigenvalue weighted by atomic mass is 9.89. The van der Waals surface area contributed by atoms with Crippen LogP contribution in [0.5, 0.6) is 0 Å². The van der Waals surface area contributed by atoms with Crippen LogP contribution in [0.2, 0.25) is 0 Å². The molecule has 1 aliphatic carbocycles. The van der Waals surface area contributed by atoms with Gasteiger partial charge in [-0.25, -0.2) is 0 Å². The van der Waals surface area contributed by atoms with Gasteiger partial charge in [0.1, 0.15) is 0 Å². The number of hydrogen-bond donors (Lipinski definition) is 1. The molecule has 0 amide bonds. The Morgan fingerprint density at radius 2 is 2.00 bits per heavy atom. The molecule has 0 bridgehead atoms. The molecule has 1 aromatic rings. The maximum absolute atomic E-state index is 4.66. The molecule has 0 radical (unpaired) electrons. The second kappa shape index (κ2) is 8.41. The van der Waals surface area contributed by atoms with Crippen LogP contribution in [0.3, 0.4) is 0 Å². The Kier molecular flexibility index (Phi) is 6.52. The minimum Gasteiger partial charge on any atom is -0.314 e. The van der Waals surface area contributed by atoms with Crippen LogP contribution in [0.15, 0.2) is 18.3 Å². The number of rotatable bonds is 6. The van der Waals surface area contributed by atoms with Gasteiger partial charge in [0.2, 0.25) is 0 Å². The van der Waals surface area contributed by atoms with Crippen molar-refractivity contribution < 1.29 is 0 Å². The molecule has 0 aliphatic heterocycles. The van der Waals surface area contributed by atoms with Crippen molar-refractivity contribution in [1.29, 1.82) is 0 Å². The van der Waals surface area contributed by atoms with Crippen molar-refractivity contribution in [2.24, 2.45) is 5.92 Å². The predicted octanol–water partition coefficient (Wildman–Crippen LogP) is 4.14. The fourth-order valence-corrected chi connectivity index (χ4v) is 3.28. The van der Waals surface area contributed by atoms with Gasteiger partial charge in [-0.3, -0.25) is 4.98 Å². The van der Waals surface area contributed by atoms with Crippen LogP contribution in [-0.2, 0) is 12.8 Å². The summed E-state index contributed by atoms with van der Waals surface area (Å²) in [5.41, 5.74) is 2.62. The van der Waals surface area contributed by atoms with E-state index in [0.717, 1.165) is 25.3 Å². The topological polar surface area (TPSA) is 24.9 Å². The van der Waals surface area contributed by atoms with E-state index in [1.54, 1.807) is 0 Å². The normalized spacial score (nSPS) is 23.5. The number of hydrogen-bond acceptors (Lipinski definition) is 2. The summed E-state index contributed by atoms with van der Waals surface area (Å²) in [7, 11) is 0. The first-order chi connectivity index (χ1) is 9.83. The molecule has 2 heteroatoms. The zero-order chi connectivity index (χ0) is 14.2. The molecule has 1 saturated carbocycles. The third-order valence-corrected chi connectivity index (χ3v) is 4.58. The third-order valence-electron chi connectivity index (χ3n) is 4.58. The molecule has 2 nitrogen and oxygen atoms in total. The zero-order valence-corrected chi connectivity index (χ0v) is 13.2. The lowest BCUT2D eigenvalue weighted by Gasteiger charge is -2.26. The van der Waals surface area contributed by atoms with Crippen LogP contribution < -0.4 is 5.32 Å². The van der Waals surface area contributed by atoms with Crippen LogP contribution in [0.25, 0.3) is 0 Å². The van der Waals surface area contributed by atoms with Crippen molar-refractivity contribution in [3.63, 3.8) is 0 Å². The SMILES string of the molecule is CCCNC1CCCCCC1Cc1ccc(CC)cn1. The molecule has 0 saturated heterocycles. The van der Waals surface area contributed by atoms with E-state index in [0.29, 0.717) is 6.04 Å². The van der Waals surface area contributed by atoms with Gasteiger partial charge in [0, 0.05) is 17.9 Å². The maximum Gasteiger partial charge on any atom is 0.0407 e. The smallest absolute Gasteiger partial charge is 0.0407 e. The van der Waals surface area contributed by atoms with Gasteiger partial charge in [-0.1, -0.05) is 39.2 Å². The molecule has 2 rings (SSSR count). The summed E-state index contributed by atoms with van der Waals surface area (Å²) in [5, 5.41) is 3.78. The van der Waals surface area contributed by atoms with E-state index in [-0.39, 0.29) is 0 Å². The van der Waals surface area contributed by atoms with Crippen LogP contribution in [0.4, 0.5) is 0 Å². The summed E-state index contributed by atoms with van der Waals surface area (Å²) in [6, 6.07) is 5.18. The van der Waals surface area contributed by atoms with Crippen LogP contribution in [0.1, 0.15) is 63.6 Å². The molecular weight excluding hydrogens is 244 g/mol. The van der Waals surface area contributed by atoms with E-state index in [2.05, 4.69) is 42.5 Å². The highest BCUT2D eigenvalue weighted by atomic mass is 14.9. The first kappa shape index (κ1) is 15.5. The fraction of sp³-hybridized carbons (Fsp3) is 0.722. The van der Waals surface area contributed by atoms with Gasteiger partial charge in [0.15, 0.2) is 0 Å². The molecule has 112 valence electrons. The van der Waals surface area contributed by atoms with E-state index in [4.69, 9.17) is 0 Å². The van der Waals surface area contributed by atoms with Gasteiger partial charge in [-0.05, 0) is 56.2 Å². The monoisotopic (exact) mass is 274 g/mol. The van der Waals surface area contributed by atoms with Crippen LogP contribution >= 0.6 is 0 Å². The van der Waals surface area contributed by atoms with Crippen LogP contribution in [0, 0.1) is 5.92 Å². The number of nitrogens with one attached hydrogen (secondary N) is 1. The van der Waals surface area contributed by atoms with Crippen molar-refractivity contribution in [1.82, 2.24) is 10.3 Å². The average Bonchev–Trinajstić information content (AvgIpc) is 2.71. The highest BCUT2D eigenvalue weighted by Crippen LogP contribution is 2.26. The number of aromatic nitrogens is 1. The molecule has 1 aliphatic rings. The van der Waals surface area contributed by atoms with E-state index < -0.39 is 0 Å². The van der Waals surface area contributed by atoms with E-state index in [1.807, 2.05) is 0 Å². The molecular formula is C18H30N2. The highest BCUT2D eigenvalue weighted by Gasteiger charge is 2.23. The lowest BCUT2D eigenvalue weighted by molar-refractivity contribution is 0.330. The summed E-state index contributed by atoms with van der Waals surface area (Å²) in [5.74, 6) is 0.768. The van der Waals surface area contributed by atoms with Gasteiger partial charge in [-0.15, -0.1) is 0 Å². The second-order valence-corrected chi connectivity index (χ2v) is 6.17. The first-order valence-electron chi connectivity index (χ1n) is 8.50. The fourth-order valence-electron chi connectivity index (χ4n) is 3.28. The first-order valence-corrected chi connectivity index (χ1v) is 8.50. The summed E-state index contributed by atoms with van der Waals surface area (Å²) in [6.45, 7) is 5.60. The Balaban J connectivity index is 1.98. The van der Waals surface area contributed by atoms with Gasteiger partial charge in [0.25, 0.3) is 0 Å². The van der Waals surface area contributed by atoms with E-state index in [1.165, 1.54) is 49.8 Å². The Labute approximate surface area is 124 Å². The summed E-state index contributed by atoms with van der Waals surface area (Å²) < 4.78 is 0. The lowest BCUT2D eigenvalue weighted by Crippen LogP contribution is -2.37. The average molecular weight is 274 g/mol. The molecule has 1 aromatic heterocycles. The molecule has 0 spiro atoms. The van der Waals surface area contributed by atoms with Crippen molar-refractivity contribution in [3.8, 4) is 0 Å². The minimum absolute atomic E-state index is 0.699. The summed E-state index contributed by atoms with van der Waals surface area (Å²) in [6.07, 6.45) is 12.4. The van der Waals surface area contributed by atoms with E-state index >= 15 is 0 Å². The predicted molar refractivity (Wildman–Crippen MR) is 86.0 cm³/mol. The van der Waals surface area contributed by atoms with Crippen molar-refractivity contribution >= 4 is 0 Å². The number of nitrogens with zero attached hydrogens (tertiary/aromatic N) is 1. The van der Waals surface area contributed by atoms with E-state index in [9.17, 15) is 0 Å². The van der Waals surface area contributed by atoms with Gasteiger partial charge >= 0.3 is 0 Å². The molecule has 0 aromatic carbocycles. The Morgan fingerprint density at radius 3 is 2.70 bits per heavy atom. The highest BCUT2D eigenvalue weighted by molar-refractivity contribution is 5.14. The van der Waals surface area contributed by atoms with Gasteiger partial charge in [0.05, 0.1) is 0 Å². The third kappa shape index (κ3) is 4.59. The van der Waals surface area contributed by atoms with Crippen molar-refractivity contribution in [2.75, 3.05) is 6.54 Å². The summed E-state index contributed by atoms with van der Waals surface area (Å²) >= 11 is 0. The minimum atomic E-state index is 0.699. The van der Waals surface area contributed by atoms with Crippen LogP contribution in [-0.4, -0.2) is 17.6 Å². The Hall–Kier alpha value is -0.890. The molecule has 1 heterocycles. The van der Waals surface area contributed by atoms with Crippen molar-refractivity contribution in [3.05, 3.63) is 29.6 Å². The molecule has 2 atom stereocenters. The number of aryl methyl sites for hydroxylation is 1. The Bertz CT molecular complexity index is 372. The summed E-state index contributed by atoms with van der Waals surface area (Å²) in [4.78, 5) is 4.66. The standard InChI is InChI=1S/C18H30N2/c1-3-12-19-18-9-7-5-6-8-16(18)13-17-11-10-15(4-2)14-20-17/h10-11,14,16,18-19H,3-9,12-13H2,1-2H3. The quantitative estimate of drug-likeness (QED) is 0.789. The largest absolute Gasteiger partial charge is 0.314 e. The molecule has 1 N–H and O–H groups in total. The Morgan fingerprint density at radius 1 is 1.15 bits per heavy atom. The molecule has 2 unspecified atom stereocenters. The maximum atomic E-state index is 4.66. The van der Waals surface area contributed by atoms with Gasteiger partial charge < -0.3 is 5.32 Å². The molecule has 20 heavy (non-hydrogen) atoms. The zero-order valence-electron chi connectivity index (χ0n) is 13.2. The molecule has 1 fully saturated rings. The number of pyridine rings is 1. The van der Waals surface area contributed by atoms with Gasteiger partial charge in [-0.2, -0.15) is 0 Å². The second-order valence-electron chi connectivity index (χ2n) is 6.17. The van der Waals surface area contributed by atoms with Crippen molar-refractivity contribution in [2.45, 2.75) is 71.3 Å².